The van der Waals surface area contributed by atoms with Crippen LogP contribution in [-0.2, 0) is 4.74 Å². The van der Waals surface area contributed by atoms with E-state index in [1.54, 1.807) is 16.8 Å². The molecule has 2 aliphatic rings. The van der Waals surface area contributed by atoms with E-state index in [9.17, 15) is 4.79 Å². The van der Waals surface area contributed by atoms with E-state index in [1.165, 1.54) is 0 Å². The molecule has 0 bridgehead atoms. The summed E-state index contributed by atoms with van der Waals surface area (Å²) in [6.45, 7) is 3.09. The number of hydrogen-bond donors (Lipinski definition) is 1. The molecule has 3 aromatic rings. The Balaban J connectivity index is 1.26. The molecule has 5 heterocycles. The SMILES string of the molecule is O=C(NC1CCN(c2nccc(C3CCOCC3)n2)C1)c1cccn2cnnc12. The van der Waals surface area contributed by atoms with Crippen molar-refractivity contribution < 1.29 is 9.53 Å². The second-order valence-electron chi connectivity index (χ2n) is 7.56. The largest absolute Gasteiger partial charge is 0.381 e. The van der Waals surface area contributed by atoms with Crippen molar-refractivity contribution in [2.45, 2.75) is 31.2 Å². The summed E-state index contributed by atoms with van der Waals surface area (Å²) in [4.78, 5) is 24.2. The van der Waals surface area contributed by atoms with E-state index in [0.29, 0.717) is 23.7 Å². The Labute approximate surface area is 168 Å². The van der Waals surface area contributed by atoms with E-state index in [2.05, 4.69) is 25.4 Å². The smallest absolute Gasteiger partial charge is 0.255 e. The number of amides is 1. The monoisotopic (exact) mass is 393 g/mol. The van der Waals surface area contributed by atoms with Crippen molar-refractivity contribution in [3.05, 3.63) is 48.2 Å². The Kier molecular flexibility index (Phi) is 4.81. The molecule has 1 atom stereocenters. The van der Waals surface area contributed by atoms with Gasteiger partial charge in [-0.15, -0.1) is 10.2 Å². The minimum atomic E-state index is -0.132. The number of hydrogen-bond acceptors (Lipinski definition) is 7. The van der Waals surface area contributed by atoms with Crippen LogP contribution in [0.1, 0.15) is 41.2 Å². The molecule has 0 aliphatic carbocycles. The molecule has 0 radical (unpaired) electrons. The predicted molar refractivity (Wildman–Crippen MR) is 106 cm³/mol. The Bertz CT molecular complexity index is 1010. The van der Waals surface area contributed by atoms with Crippen LogP contribution in [0.4, 0.5) is 5.95 Å². The molecule has 3 aromatic heterocycles. The second-order valence-corrected chi connectivity index (χ2v) is 7.56. The number of fused-ring (bicyclic) bond motifs is 1. The quantitative estimate of drug-likeness (QED) is 0.716. The van der Waals surface area contributed by atoms with Crippen LogP contribution in [0.5, 0.6) is 0 Å². The molecule has 5 rings (SSSR count). The molecule has 1 amide bonds. The molecule has 9 heteroatoms. The van der Waals surface area contributed by atoms with E-state index in [0.717, 1.165) is 50.7 Å². The molecule has 2 fully saturated rings. The summed E-state index contributed by atoms with van der Waals surface area (Å²) in [7, 11) is 0. The highest BCUT2D eigenvalue weighted by molar-refractivity contribution is 5.99. The average molecular weight is 393 g/mol. The lowest BCUT2D eigenvalue weighted by atomic mass is 9.96. The number of rotatable bonds is 4. The Morgan fingerprint density at radius 2 is 2.10 bits per heavy atom. The molecule has 9 nitrogen and oxygen atoms in total. The van der Waals surface area contributed by atoms with Gasteiger partial charge in [-0.25, -0.2) is 9.97 Å². The van der Waals surface area contributed by atoms with Crippen molar-refractivity contribution in [3.63, 3.8) is 0 Å². The number of nitrogens with one attached hydrogen (secondary N) is 1. The zero-order valence-corrected chi connectivity index (χ0v) is 16.1. The molecule has 1 N–H and O–H groups in total. The maximum absolute atomic E-state index is 12.8. The third-order valence-corrected chi connectivity index (χ3v) is 5.68. The van der Waals surface area contributed by atoms with Crippen molar-refractivity contribution in [3.8, 4) is 0 Å². The first-order valence-corrected chi connectivity index (χ1v) is 10.0. The van der Waals surface area contributed by atoms with E-state index >= 15 is 0 Å². The number of aromatic nitrogens is 5. The maximum Gasteiger partial charge on any atom is 0.255 e. The molecule has 0 saturated carbocycles. The number of carbonyl (C=O) groups is 1. The fraction of sp³-hybridized carbons (Fsp3) is 0.450. The van der Waals surface area contributed by atoms with Gasteiger partial charge in [0, 0.05) is 56.4 Å². The molecule has 2 saturated heterocycles. The van der Waals surface area contributed by atoms with Crippen molar-refractivity contribution >= 4 is 17.5 Å². The molecule has 0 spiro atoms. The van der Waals surface area contributed by atoms with Gasteiger partial charge in [0.15, 0.2) is 5.65 Å². The first-order valence-electron chi connectivity index (χ1n) is 10.0. The number of nitrogens with zero attached hydrogens (tertiary/aromatic N) is 6. The summed E-state index contributed by atoms with van der Waals surface area (Å²) in [5.41, 5.74) is 2.18. The van der Waals surface area contributed by atoms with Gasteiger partial charge < -0.3 is 15.0 Å². The van der Waals surface area contributed by atoms with Gasteiger partial charge >= 0.3 is 0 Å². The minimum Gasteiger partial charge on any atom is -0.381 e. The first kappa shape index (κ1) is 18.0. The zero-order chi connectivity index (χ0) is 19.6. The average Bonchev–Trinajstić information content (AvgIpc) is 3.44. The molecule has 1 unspecified atom stereocenters. The highest BCUT2D eigenvalue weighted by atomic mass is 16.5. The molecule has 150 valence electrons. The third kappa shape index (κ3) is 3.65. The summed E-state index contributed by atoms with van der Waals surface area (Å²) < 4.78 is 7.20. The van der Waals surface area contributed by atoms with Crippen LogP contribution in [0.25, 0.3) is 5.65 Å². The van der Waals surface area contributed by atoms with Gasteiger partial charge in [0.1, 0.15) is 6.33 Å². The van der Waals surface area contributed by atoms with E-state index in [1.807, 2.05) is 24.5 Å². The normalized spacial score (nSPS) is 20.3. The Hall–Kier alpha value is -3.07. The zero-order valence-electron chi connectivity index (χ0n) is 16.1. The number of carbonyl (C=O) groups excluding carboxylic acids is 1. The van der Waals surface area contributed by atoms with Crippen LogP contribution in [-0.4, -0.2) is 62.8 Å². The fourth-order valence-electron chi connectivity index (χ4n) is 4.09. The van der Waals surface area contributed by atoms with Crippen molar-refractivity contribution in [2.24, 2.45) is 0 Å². The second kappa shape index (κ2) is 7.75. The summed E-state index contributed by atoms with van der Waals surface area (Å²) in [5.74, 6) is 1.05. The van der Waals surface area contributed by atoms with Gasteiger partial charge in [0.25, 0.3) is 5.91 Å². The maximum atomic E-state index is 12.8. The van der Waals surface area contributed by atoms with E-state index in [4.69, 9.17) is 9.72 Å². The van der Waals surface area contributed by atoms with Gasteiger partial charge in [-0.2, -0.15) is 0 Å². The van der Waals surface area contributed by atoms with Gasteiger partial charge in [0.2, 0.25) is 5.95 Å². The van der Waals surface area contributed by atoms with Crippen LogP contribution < -0.4 is 10.2 Å². The molecule has 29 heavy (non-hydrogen) atoms. The van der Waals surface area contributed by atoms with Crippen LogP contribution in [0.3, 0.4) is 0 Å². The molecular weight excluding hydrogens is 370 g/mol. The molecular formula is C20H23N7O2. The summed E-state index contributed by atoms with van der Waals surface area (Å²) in [6, 6.07) is 5.64. The first-order chi connectivity index (χ1) is 14.3. The number of pyridine rings is 1. The Morgan fingerprint density at radius 3 is 3.00 bits per heavy atom. The molecule has 2 aliphatic heterocycles. The van der Waals surface area contributed by atoms with Crippen LogP contribution in [0.2, 0.25) is 0 Å². The van der Waals surface area contributed by atoms with Crippen molar-refractivity contribution in [2.75, 3.05) is 31.2 Å². The minimum absolute atomic E-state index is 0.0426. The lowest BCUT2D eigenvalue weighted by molar-refractivity contribution is 0.0845. The van der Waals surface area contributed by atoms with Gasteiger partial charge in [-0.1, -0.05) is 0 Å². The highest BCUT2D eigenvalue weighted by Gasteiger charge is 2.27. The highest BCUT2D eigenvalue weighted by Crippen LogP contribution is 2.27. The van der Waals surface area contributed by atoms with E-state index < -0.39 is 0 Å². The number of ether oxygens (including phenoxy) is 1. The summed E-state index contributed by atoms with van der Waals surface area (Å²) >= 11 is 0. The predicted octanol–water partition coefficient (Wildman–Crippen LogP) is 1.42. The lowest BCUT2D eigenvalue weighted by Crippen LogP contribution is -2.37. The molecule has 0 aromatic carbocycles. The van der Waals surface area contributed by atoms with Crippen LogP contribution >= 0.6 is 0 Å². The van der Waals surface area contributed by atoms with Gasteiger partial charge in [0.05, 0.1) is 5.56 Å². The third-order valence-electron chi connectivity index (χ3n) is 5.68. The number of anilines is 1. The van der Waals surface area contributed by atoms with E-state index in [-0.39, 0.29) is 11.9 Å². The standard InChI is InChI=1S/C20H23N7O2/c28-19(16-2-1-8-27-13-22-25-18(16)27)23-15-4-9-26(12-15)20-21-7-3-17(24-20)14-5-10-29-11-6-14/h1-3,7-8,13-15H,4-6,9-12H2,(H,23,28). The summed E-state index contributed by atoms with van der Waals surface area (Å²) in [5, 5.41) is 11.0. The Morgan fingerprint density at radius 1 is 1.21 bits per heavy atom. The lowest BCUT2D eigenvalue weighted by Gasteiger charge is -2.23. The van der Waals surface area contributed by atoms with Crippen molar-refractivity contribution in [1.29, 1.82) is 0 Å². The van der Waals surface area contributed by atoms with Crippen molar-refractivity contribution in [1.82, 2.24) is 29.9 Å². The summed E-state index contributed by atoms with van der Waals surface area (Å²) in [6.07, 6.45) is 8.11. The van der Waals surface area contributed by atoms with Crippen LogP contribution in [0.15, 0.2) is 36.9 Å². The fourth-order valence-corrected chi connectivity index (χ4v) is 4.09. The topological polar surface area (TPSA) is 97.5 Å². The van der Waals surface area contributed by atoms with Gasteiger partial charge in [-0.3, -0.25) is 9.20 Å². The van der Waals surface area contributed by atoms with Crippen LogP contribution in [0, 0.1) is 0 Å². The van der Waals surface area contributed by atoms with Gasteiger partial charge in [-0.05, 0) is 37.5 Å².